The van der Waals surface area contributed by atoms with Gasteiger partial charge in [-0.1, -0.05) is 0 Å². The number of benzene rings is 1. The molecule has 3 nitrogen and oxygen atoms in total. The number of amides is 1. The van der Waals surface area contributed by atoms with Gasteiger partial charge in [-0.15, -0.1) is 0 Å². The smallest absolute Gasteiger partial charge is 0.254 e. The van der Waals surface area contributed by atoms with Crippen molar-refractivity contribution in [3.8, 4) is 0 Å². The van der Waals surface area contributed by atoms with Crippen LogP contribution >= 0.6 is 0 Å². The number of carbonyl (C=O) groups is 1. The van der Waals surface area contributed by atoms with E-state index >= 15 is 0 Å². The molecule has 5 heteroatoms. The Hall–Kier alpha value is -1.49. The summed E-state index contributed by atoms with van der Waals surface area (Å²) in [6, 6.07) is 2.98. The maximum Gasteiger partial charge on any atom is 0.254 e. The van der Waals surface area contributed by atoms with Crippen molar-refractivity contribution in [2.75, 3.05) is 0 Å². The number of nitrogens with one attached hydrogen (secondary N) is 1. The van der Waals surface area contributed by atoms with Gasteiger partial charge in [0.05, 0.1) is 5.56 Å². The third kappa shape index (κ3) is 2.22. The Labute approximate surface area is 128 Å². The first-order valence-corrected chi connectivity index (χ1v) is 7.93. The van der Waals surface area contributed by atoms with Gasteiger partial charge in [0.15, 0.2) is 0 Å². The Morgan fingerprint density at radius 3 is 2.50 bits per heavy atom. The second-order valence-corrected chi connectivity index (χ2v) is 7.68. The van der Waals surface area contributed by atoms with Crippen LogP contribution in [0.3, 0.4) is 0 Å². The Balaban J connectivity index is 1.60. The van der Waals surface area contributed by atoms with E-state index in [-0.39, 0.29) is 16.6 Å². The van der Waals surface area contributed by atoms with Gasteiger partial charge in [-0.2, -0.15) is 0 Å². The predicted octanol–water partition coefficient (Wildman–Crippen LogP) is 2.74. The molecule has 0 saturated heterocycles. The zero-order valence-corrected chi connectivity index (χ0v) is 12.4. The van der Waals surface area contributed by atoms with E-state index < -0.39 is 17.5 Å². The molecule has 118 valence electrons. The topological polar surface area (TPSA) is 55.1 Å². The molecule has 0 aliphatic heterocycles. The standard InChI is InChI=1S/C17H20F2N2O/c18-12-1-2-14(19)13(4-12)15(22)21-17-7-10-3-11(8-17)6-16(20,5-10)9-17/h1-2,4,10-11H,3,5-9,20H2,(H,21,22). The van der Waals surface area contributed by atoms with Crippen LogP contribution in [0.2, 0.25) is 0 Å². The highest BCUT2D eigenvalue weighted by Gasteiger charge is 2.56. The fraction of sp³-hybridized carbons (Fsp3) is 0.588. The third-order valence-corrected chi connectivity index (χ3v) is 5.66. The molecule has 0 radical (unpaired) electrons. The lowest BCUT2D eigenvalue weighted by Crippen LogP contribution is -2.68. The summed E-state index contributed by atoms with van der Waals surface area (Å²) in [7, 11) is 0. The van der Waals surface area contributed by atoms with Gasteiger partial charge in [-0.05, 0) is 68.6 Å². The van der Waals surface area contributed by atoms with Gasteiger partial charge in [0.1, 0.15) is 11.6 Å². The van der Waals surface area contributed by atoms with E-state index in [0.717, 1.165) is 50.3 Å². The molecule has 4 aliphatic carbocycles. The maximum absolute atomic E-state index is 13.8. The van der Waals surface area contributed by atoms with Gasteiger partial charge < -0.3 is 11.1 Å². The van der Waals surface area contributed by atoms with Gasteiger partial charge in [0.2, 0.25) is 0 Å². The highest BCUT2D eigenvalue weighted by Crippen LogP contribution is 2.56. The molecule has 1 amide bonds. The van der Waals surface area contributed by atoms with Crippen LogP contribution in [0.25, 0.3) is 0 Å². The minimum Gasteiger partial charge on any atom is -0.346 e. The molecule has 5 rings (SSSR count). The molecular weight excluding hydrogens is 286 g/mol. The minimum absolute atomic E-state index is 0.197. The van der Waals surface area contributed by atoms with Crippen molar-refractivity contribution in [2.24, 2.45) is 17.6 Å². The predicted molar refractivity (Wildman–Crippen MR) is 78.2 cm³/mol. The normalized spacial score (nSPS) is 39.0. The lowest BCUT2D eigenvalue weighted by Gasteiger charge is -2.61. The fourth-order valence-corrected chi connectivity index (χ4v) is 5.46. The highest BCUT2D eigenvalue weighted by molar-refractivity contribution is 5.95. The number of halogens is 2. The zero-order chi connectivity index (χ0) is 15.5. The van der Waals surface area contributed by atoms with Crippen LogP contribution in [0, 0.1) is 23.5 Å². The molecule has 4 saturated carbocycles. The lowest BCUT2D eigenvalue weighted by molar-refractivity contribution is -0.0321. The van der Waals surface area contributed by atoms with Crippen LogP contribution in [-0.2, 0) is 0 Å². The van der Waals surface area contributed by atoms with Gasteiger partial charge in [-0.3, -0.25) is 4.79 Å². The quantitative estimate of drug-likeness (QED) is 0.883. The second-order valence-electron chi connectivity index (χ2n) is 7.68. The lowest BCUT2D eigenvalue weighted by atomic mass is 9.50. The SMILES string of the molecule is NC12CC3CC(C1)CC(NC(=O)c1cc(F)ccc1F)(C3)C2. The summed E-state index contributed by atoms with van der Waals surface area (Å²) in [6.45, 7) is 0. The number of rotatable bonds is 2. The second kappa shape index (κ2) is 4.51. The van der Waals surface area contributed by atoms with Crippen LogP contribution in [-0.4, -0.2) is 17.0 Å². The Morgan fingerprint density at radius 1 is 1.18 bits per heavy atom. The van der Waals surface area contributed by atoms with Crippen LogP contribution in [0.1, 0.15) is 48.9 Å². The molecular formula is C17H20F2N2O. The van der Waals surface area contributed by atoms with Crippen molar-refractivity contribution in [1.29, 1.82) is 0 Å². The summed E-state index contributed by atoms with van der Waals surface area (Å²) >= 11 is 0. The summed E-state index contributed by atoms with van der Waals surface area (Å²) in [6.07, 6.45) is 5.79. The molecule has 2 atom stereocenters. The van der Waals surface area contributed by atoms with Crippen LogP contribution in [0.15, 0.2) is 18.2 Å². The van der Waals surface area contributed by atoms with E-state index in [1.165, 1.54) is 6.42 Å². The average Bonchev–Trinajstić information content (AvgIpc) is 2.38. The van der Waals surface area contributed by atoms with Crippen LogP contribution in [0.5, 0.6) is 0 Å². The molecule has 4 aliphatic rings. The molecule has 1 aromatic carbocycles. The fourth-order valence-electron chi connectivity index (χ4n) is 5.46. The summed E-state index contributed by atoms with van der Waals surface area (Å²) in [5.41, 5.74) is 5.73. The first-order chi connectivity index (χ1) is 10.4. The molecule has 0 spiro atoms. The Morgan fingerprint density at radius 2 is 1.86 bits per heavy atom. The molecule has 0 heterocycles. The summed E-state index contributed by atoms with van der Waals surface area (Å²) < 4.78 is 27.1. The summed E-state index contributed by atoms with van der Waals surface area (Å²) in [5, 5.41) is 3.01. The monoisotopic (exact) mass is 306 g/mol. The van der Waals surface area contributed by atoms with E-state index in [0.29, 0.717) is 11.8 Å². The highest BCUT2D eigenvalue weighted by atomic mass is 19.1. The molecule has 4 bridgehead atoms. The zero-order valence-electron chi connectivity index (χ0n) is 12.4. The van der Waals surface area contributed by atoms with Crippen molar-refractivity contribution in [1.82, 2.24) is 5.32 Å². The van der Waals surface area contributed by atoms with E-state index in [1.54, 1.807) is 0 Å². The Kier molecular flexibility index (Phi) is 2.89. The maximum atomic E-state index is 13.8. The van der Waals surface area contributed by atoms with Gasteiger partial charge in [0, 0.05) is 11.1 Å². The van der Waals surface area contributed by atoms with Crippen molar-refractivity contribution < 1.29 is 13.6 Å². The largest absolute Gasteiger partial charge is 0.346 e. The summed E-state index contributed by atoms with van der Waals surface area (Å²) in [5.74, 6) is -0.728. The van der Waals surface area contributed by atoms with E-state index in [9.17, 15) is 13.6 Å². The van der Waals surface area contributed by atoms with Crippen LogP contribution < -0.4 is 11.1 Å². The van der Waals surface area contributed by atoms with E-state index in [1.807, 2.05) is 0 Å². The summed E-state index contributed by atoms with van der Waals surface area (Å²) in [4.78, 5) is 12.4. The number of hydrogen-bond donors (Lipinski definition) is 2. The number of carbonyl (C=O) groups excluding carboxylic acids is 1. The van der Waals surface area contributed by atoms with Crippen LogP contribution in [0.4, 0.5) is 8.78 Å². The number of hydrogen-bond acceptors (Lipinski definition) is 2. The molecule has 22 heavy (non-hydrogen) atoms. The van der Waals surface area contributed by atoms with Gasteiger partial charge >= 0.3 is 0 Å². The molecule has 1 aromatic rings. The molecule has 0 aromatic heterocycles. The molecule has 4 fully saturated rings. The molecule has 3 N–H and O–H groups in total. The first kappa shape index (κ1) is 14.1. The number of nitrogens with two attached hydrogens (primary N) is 1. The van der Waals surface area contributed by atoms with E-state index in [2.05, 4.69) is 5.32 Å². The van der Waals surface area contributed by atoms with Crippen molar-refractivity contribution in [3.05, 3.63) is 35.4 Å². The van der Waals surface area contributed by atoms with Crippen molar-refractivity contribution in [2.45, 2.75) is 49.6 Å². The Bertz CT molecular complexity index is 632. The van der Waals surface area contributed by atoms with E-state index in [4.69, 9.17) is 5.73 Å². The van der Waals surface area contributed by atoms with Gasteiger partial charge in [-0.25, -0.2) is 8.78 Å². The first-order valence-electron chi connectivity index (χ1n) is 7.93. The average molecular weight is 306 g/mol. The van der Waals surface area contributed by atoms with Gasteiger partial charge in [0.25, 0.3) is 5.91 Å². The minimum atomic E-state index is -0.689. The van der Waals surface area contributed by atoms with Crippen molar-refractivity contribution in [3.63, 3.8) is 0 Å². The third-order valence-electron chi connectivity index (χ3n) is 5.66. The molecule has 2 unspecified atom stereocenters. The van der Waals surface area contributed by atoms with Crippen molar-refractivity contribution >= 4 is 5.91 Å².